The number of hydrogen-bond donors (Lipinski definition) is 10. The zero-order valence-electron chi connectivity index (χ0n) is 29.3. The van der Waals surface area contributed by atoms with Crippen molar-refractivity contribution in [3.05, 3.63) is 83.3 Å². The summed E-state index contributed by atoms with van der Waals surface area (Å²) in [5, 5.41) is 87.2. The van der Waals surface area contributed by atoms with Crippen molar-refractivity contribution >= 4 is 32.3 Å². The maximum absolute atomic E-state index is 12.0. The second-order valence-electron chi connectivity index (χ2n) is 11.1. The van der Waals surface area contributed by atoms with Gasteiger partial charge in [0.25, 0.3) is 11.5 Å². The van der Waals surface area contributed by atoms with Crippen LogP contribution in [0, 0.1) is 0 Å². The first-order valence-electron chi connectivity index (χ1n) is 15.1. The van der Waals surface area contributed by atoms with Gasteiger partial charge < -0.3 is 94.4 Å². The number of phosphoric acid groups is 1. The van der Waals surface area contributed by atoms with E-state index in [1.807, 2.05) is 0 Å². The summed E-state index contributed by atoms with van der Waals surface area (Å²) in [5.74, 6) is -5.24. The van der Waals surface area contributed by atoms with E-state index >= 15 is 0 Å². The number of primary amides is 1. The van der Waals surface area contributed by atoms with E-state index in [0.717, 1.165) is 0 Å². The average Bonchev–Trinajstić information content (AvgIpc) is 3.38. The molecule has 24 heteroatoms. The average molecular weight is 822 g/mol. The predicted octanol–water partition coefficient (Wildman–Crippen LogP) is -11.0. The van der Waals surface area contributed by atoms with Gasteiger partial charge >= 0.3 is 65.1 Å². The Morgan fingerprint density at radius 2 is 1.29 bits per heavy atom. The molecule has 1 aliphatic rings. The van der Waals surface area contributed by atoms with Crippen molar-refractivity contribution in [1.29, 1.82) is 0 Å². The monoisotopic (exact) mass is 821 g/mol. The van der Waals surface area contributed by atoms with Crippen LogP contribution in [0.2, 0.25) is 0 Å². The summed E-state index contributed by atoms with van der Waals surface area (Å²) < 4.78 is 31.2. The van der Waals surface area contributed by atoms with Crippen molar-refractivity contribution in [3.63, 3.8) is 0 Å². The van der Waals surface area contributed by atoms with Crippen LogP contribution >= 0.6 is 7.82 Å². The molecular formula is C31H38NNa2O20P. The van der Waals surface area contributed by atoms with Gasteiger partial charge in [-0.25, -0.2) is 4.79 Å². The first-order chi connectivity index (χ1) is 24.9. The molecule has 3 rings (SSSR count). The van der Waals surface area contributed by atoms with Crippen LogP contribution < -0.4 is 74.6 Å². The van der Waals surface area contributed by atoms with Crippen molar-refractivity contribution in [2.24, 2.45) is 5.73 Å². The van der Waals surface area contributed by atoms with E-state index in [2.05, 4.69) is 9.26 Å². The minimum atomic E-state index is -5.98. The molecule has 0 aliphatic carbocycles. The fourth-order valence-electron chi connectivity index (χ4n) is 4.68. The fraction of sp³-hybridized carbons (Fsp3) is 0.419. The molecule has 0 radical (unpaired) electrons. The SMILES string of the molecule is NC(=O)[C@]1([C@@H](O)CO)OC(=O)C(O)=C1O.O=C[C@@H](O)[C@@H](O)[C@H](O)[C@H](O)[C@@H](OP(=O)([O-])[O-])[C@@H](O)[C@H](OCc1ccccc1)[C@H](C=O)OCc1ccccc1.[Na+].[Na+]. The summed E-state index contributed by atoms with van der Waals surface area (Å²) in [6.07, 6.45) is -19.8. The van der Waals surface area contributed by atoms with Gasteiger partial charge in [-0.05, 0) is 11.1 Å². The molecule has 10 atom stereocenters. The van der Waals surface area contributed by atoms with E-state index in [1.165, 1.54) is 0 Å². The van der Waals surface area contributed by atoms with Crippen LogP contribution in [0.1, 0.15) is 11.1 Å². The van der Waals surface area contributed by atoms with E-state index in [0.29, 0.717) is 11.1 Å². The van der Waals surface area contributed by atoms with Crippen molar-refractivity contribution in [1.82, 2.24) is 0 Å². The molecule has 2 aromatic rings. The number of amides is 1. The number of aliphatic hydroxyl groups is 9. The summed E-state index contributed by atoms with van der Waals surface area (Å²) in [7, 11) is -5.98. The zero-order valence-corrected chi connectivity index (χ0v) is 34.2. The molecule has 2 aromatic carbocycles. The van der Waals surface area contributed by atoms with Gasteiger partial charge in [-0.3, -0.25) is 4.79 Å². The van der Waals surface area contributed by atoms with Crippen LogP contribution in [0.15, 0.2) is 72.2 Å². The maximum atomic E-state index is 12.0. The third-order valence-electron chi connectivity index (χ3n) is 7.51. The van der Waals surface area contributed by atoms with Crippen LogP contribution in [0.25, 0.3) is 0 Å². The Hall–Kier alpha value is -2.19. The number of nitrogens with two attached hydrogens (primary N) is 1. The zero-order chi connectivity index (χ0) is 40.1. The predicted molar refractivity (Wildman–Crippen MR) is 168 cm³/mol. The summed E-state index contributed by atoms with van der Waals surface area (Å²) in [6, 6.07) is 16.8. The van der Waals surface area contributed by atoms with E-state index in [4.69, 9.17) is 25.4 Å². The molecular weight excluding hydrogens is 783 g/mol. The summed E-state index contributed by atoms with van der Waals surface area (Å²) in [4.78, 5) is 67.4. The summed E-state index contributed by atoms with van der Waals surface area (Å²) in [5.41, 5.74) is 3.39. The smallest absolute Gasteiger partial charge is 0.790 e. The van der Waals surface area contributed by atoms with Gasteiger partial charge in [-0.2, -0.15) is 0 Å². The number of aldehydes is 2. The molecule has 1 heterocycles. The van der Waals surface area contributed by atoms with Gasteiger partial charge in [0.1, 0.15) is 54.9 Å². The number of carbonyl (C=O) groups is 4. The Bertz CT molecular complexity index is 1590. The van der Waals surface area contributed by atoms with Crippen LogP contribution in [0.5, 0.6) is 0 Å². The Morgan fingerprint density at radius 3 is 1.67 bits per heavy atom. The molecule has 0 fully saturated rings. The molecule has 0 bridgehead atoms. The largest absolute Gasteiger partial charge is 1.00 e. The van der Waals surface area contributed by atoms with E-state index in [9.17, 15) is 69.3 Å². The standard InChI is InChI=1S/C24H31O13P.C7H9NO7.2Na/c25-11-17(27)19(28)20(29)21(30)24(37-38(32,33)34)22(31)23(36-14-16-9-5-2-6-10-16)18(12-26)35-13-15-7-3-1-4-8-15;8-6(14)7(2(10)1-9)4(12)3(11)5(13)15-7;;/h1-12,17-24,27-31H,13-14H2,(H2,32,33,34);2,9-12H,1H2,(H2,8,14);;/q;;2*+1/p-2/t17-,18+,19-,20+,21+,22+,23-,24-;2-,7+;;/m10../s1. The van der Waals surface area contributed by atoms with Crippen molar-refractivity contribution in [2.45, 2.75) is 73.8 Å². The molecule has 0 aromatic heterocycles. The number of ether oxygens (including phenoxy) is 3. The molecule has 1 aliphatic heterocycles. The topological polar surface area (TPSA) is 376 Å². The number of cyclic esters (lactones) is 1. The van der Waals surface area contributed by atoms with Gasteiger partial charge in [0.2, 0.25) is 5.76 Å². The summed E-state index contributed by atoms with van der Waals surface area (Å²) >= 11 is 0. The number of carbonyl (C=O) groups excluding carboxylic acids is 4. The number of rotatable bonds is 20. The number of hydrogen-bond acceptors (Lipinski definition) is 20. The molecule has 0 saturated heterocycles. The van der Waals surface area contributed by atoms with Crippen LogP contribution in [-0.2, 0) is 55.7 Å². The van der Waals surface area contributed by atoms with Crippen molar-refractivity contribution in [2.75, 3.05) is 6.61 Å². The second kappa shape index (κ2) is 24.6. The number of benzene rings is 2. The van der Waals surface area contributed by atoms with Gasteiger partial charge in [0.15, 0.2) is 18.3 Å². The number of aliphatic hydroxyl groups excluding tert-OH is 9. The third kappa shape index (κ3) is 14.6. The third-order valence-corrected chi connectivity index (χ3v) is 8.01. The fourth-order valence-corrected chi connectivity index (χ4v) is 5.22. The van der Waals surface area contributed by atoms with Gasteiger partial charge in [-0.1, -0.05) is 60.7 Å². The van der Waals surface area contributed by atoms with Crippen LogP contribution in [-0.4, -0.2) is 138 Å². The number of esters is 1. The molecule has 1 amide bonds. The molecule has 21 nitrogen and oxygen atoms in total. The van der Waals surface area contributed by atoms with Crippen molar-refractivity contribution in [3.8, 4) is 0 Å². The summed E-state index contributed by atoms with van der Waals surface area (Å²) in [6.45, 7) is -1.41. The Labute approximate surface area is 356 Å². The normalized spacial score (nSPS) is 20.3. The maximum Gasteiger partial charge on any atom is 1.00 e. The van der Waals surface area contributed by atoms with Crippen LogP contribution in [0.4, 0.5) is 0 Å². The molecule has 0 saturated carbocycles. The minimum absolute atomic E-state index is 0. The molecule has 55 heavy (non-hydrogen) atoms. The van der Waals surface area contributed by atoms with Gasteiger partial charge in [0.05, 0.1) is 27.6 Å². The van der Waals surface area contributed by atoms with Gasteiger partial charge in [-0.15, -0.1) is 0 Å². The molecule has 294 valence electrons. The first-order valence-corrected chi connectivity index (χ1v) is 16.6. The first kappa shape index (κ1) is 52.8. The molecule has 0 unspecified atom stereocenters. The molecule has 0 spiro atoms. The number of phosphoric ester groups is 1. The van der Waals surface area contributed by atoms with E-state index < -0.39 is 98.4 Å². The quantitative estimate of drug-likeness (QED) is 0.0256. The second-order valence-corrected chi connectivity index (χ2v) is 12.3. The van der Waals surface area contributed by atoms with E-state index in [1.54, 1.807) is 60.7 Å². The Kier molecular flexibility index (Phi) is 23.6. The molecule has 11 N–H and O–H groups in total. The van der Waals surface area contributed by atoms with Crippen molar-refractivity contribution < 1.29 is 157 Å². The van der Waals surface area contributed by atoms with Crippen LogP contribution in [0.3, 0.4) is 0 Å². The van der Waals surface area contributed by atoms with E-state index in [-0.39, 0.29) is 84.9 Å². The van der Waals surface area contributed by atoms with Gasteiger partial charge in [0, 0.05) is 0 Å². The minimum Gasteiger partial charge on any atom is -0.790 e. The Morgan fingerprint density at radius 1 is 0.800 bits per heavy atom. The Balaban J connectivity index is 0.00000144.